The third-order valence-corrected chi connectivity index (χ3v) is 6.66. The maximum atomic E-state index is 13.5. The lowest BCUT2D eigenvalue weighted by Crippen LogP contribution is -2.51. The van der Waals surface area contributed by atoms with E-state index in [1.54, 1.807) is 14.0 Å². The zero-order valence-electron chi connectivity index (χ0n) is 18.7. The third-order valence-electron chi connectivity index (χ3n) is 6.66. The Morgan fingerprint density at radius 2 is 1.88 bits per heavy atom. The number of methoxy groups -OCH3 is 1. The van der Waals surface area contributed by atoms with Gasteiger partial charge in [-0.2, -0.15) is 0 Å². The molecule has 2 aliphatic rings. The minimum absolute atomic E-state index is 0.0477. The van der Waals surface area contributed by atoms with E-state index in [4.69, 9.17) is 14.2 Å². The monoisotopic (exact) mass is 434 g/mol. The van der Waals surface area contributed by atoms with Gasteiger partial charge in [0.2, 0.25) is 0 Å². The number of carbonyl (C=O) groups excluding carboxylic acids is 2. The number of carbonyl (C=O) groups is 2. The number of hydrogen-bond donors (Lipinski definition) is 0. The van der Waals surface area contributed by atoms with E-state index in [-0.39, 0.29) is 18.4 Å². The van der Waals surface area contributed by atoms with E-state index in [0.29, 0.717) is 6.42 Å². The zero-order valence-corrected chi connectivity index (χ0v) is 18.7. The van der Waals surface area contributed by atoms with Crippen molar-refractivity contribution < 1.29 is 23.8 Å². The number of ether oxygens (including phenoxy) is 3. The molecule has 32 heavy (non-hydrogen) atoms. The molecule has 0 aromatic heterocycles. The molecule has 1 saturated heterocycles. The molecule has 0 spiro atoms. The van der Waals surface area contributed by atoms with E-state index in [1.165, 1.54) is 0 Å². The summed E-state index contributed by atoms with van der Waals surface area (Å²) in [5.74, 6) is -1.63. The Hall–Kier alpha value is -3.08. The fourth-order valence-electron chi connectivity index (χ4n) is 5.09. The van der Waals surface area contributed by atoms with E-state index < -0.39 is 23.5 Å². The van der Waals surface area contributed by atoms with Gasteiger partial charge in [-0.3, -0.25) is 9.59 Å². The predicted octanol–water partition coefficient (Wildman–Crippen LogP) is 5.16. The first-order valence-electron chi connectivity index (χ1n) is 11.3. The van der Waals surface area contributed by atoms with Crippen LogP contribution in [0.4, 0.5) is 0 Å². The van der Waals surface area contributed by atoms with Crippen molar-refractivity contribution in [2.24, 2.45) is 11.8 Å². The van der Waals surface area contributed by atoms with Gasteiger partial charge in [0.1, 0.15) is 11.4 Å². The van der Waals surface area contributed by atoms with Crippen LogP contribution < -0.4 is 4.74 Å². The van der Waals surface area contributed by atoms with Crippen molar-refractivity contribution in [1.82, 2.24) is 0 Å². The summed E-state index contributed by atoms with van der Waals surface area (Å²) in [6.45, 7) is 1.96. The third kappa shape index (κ3) is 4.16. The van der Waals surface area contributed by atoms with Gasteiger partial charge in [-0.1, -0.05) is 54.6 Å². The van der Waals surface area contributed by atoms with Gasteiger partial charge >= 0.3 is 11.9 Å². The van der Waals surface area contributed by atoms with Gasteiger partial charge in [-0.15, -0.1) is 0 Å². The predicted molar refractivity (Wildman–Crippen MR) is 121 cm³/mol. The van der Waals surface area contributed by atoms with Gasteiger partial charge in [0.05, 0.1) is 13.7 Å². The maximum absolute atomic E-state index is 13.5. The molecule has 5 nitrogen and oxygen atoms in total. The van der Waals surface area contributed by atoms with Crippen LogP contribution in [0.25, 0.3) is 0 Å². The van der Waals surface area contributed by atoms with Crippen LogP contribution in [0.5, 0.6) is 5.75 Å². The number of hydrogen-bond acceptors (Lipinski definition) is 5. The van der Waals surface area contributed by atoms with Gasteiger partial charge < -0.3 is 14.2 Å². The molecule has 168 valence electrons. The largest absolute Gasteiger partial charge is 0.497 e. The van der Waals surface area contributed by atoms with Crippen molar-refractivity contribution in [1.29, 1.82) is 0 Å². The second kappa shape index (κ2) is 9.60. The van der Waals surface area contributed by atoms with Crippen LogP contribution in [-0.4, -0.2) is 25.7 Å². The molecule has 1 fully saturated rings. The molecule has 0 N–H and O–H groups in total. The Morgan fingerprint density at radius 3 is 2.50 bits per heavy atom. The lowest BCUT2D eigenvalue weighted by atomic mass is 9.66. The van der Waals surface area contributed by atoms with Gasteiger partial charge in [0, 0.05) is 18.3 Å². The van der Waals surface area contributed by atoms with E-state index in [9.17, 15) is 9.59 Å². The highest BCUT2D eigenvalue weighted by Crippen LogP contribution is 2.52. The molecule has 0 radical (unpaired) electrons. The summed E-state index contributed by atoms with van der Waals surface area (Å²) >= 11 is 0. The van der Waals surface area contributed by atoms with E-state index >= 15 is 0 Å². The molecule has 4 rings (SSSR count). The lowest BCUT2D eigenvalue weighted by Gasteiger charge is -2.47. The van der Waals surface area contributed by atoms with Crippen molar-refractivity contribution in [2.75, 3.05) is 13.7 Å². The van der Waals surface area contributed by atoms with Crippen LogP contribution >= 0.6 is 0 Å². The minimum Gasteiger partial charge on any atom is -0.497 e. The molecular weight excluding hydrogens is 404 g/mol. The van der Waals surface area contributed by atoms with E-state index in [0.717, 1.165) is 36.1 Å². The van der Waals surface area contributed by atoms with E-state index in [1.807, 2.05) is 54.6 Å². The normalized spacial score (nSPS) is 27.4. The van der Waals surface area contributed by atoms with Crippen LogP contribution in [0.3, 0.4) is 0 Å². The fraction of sp³-hybridized carbons (Fsp3) is 0.407. The fourth-order valence-corrected chi connectivity index (χ4v) is 5.09. The number of cyclic esters (lactones) is 1. The van der Waals surface area contributed by atoms with Gasteiger partial charge in [-0.25, -0.2) is 0 Å². The first kappa shape index (κ1) is 22.1. The summed E-state index contributed by atoms with van der Waals surface area (Å²) < 4.78 is 16.9. The molecule has 1 aliphatic carbocycles. The second-order valence-corrected chi connectivity index (χ2v) is 8.46. The summed E-state index contributed by atoms with van der Waals surface area (Å²) in [6.07, 6.45) is 7.86. The number of rotatable bonds is 6. The van der Waals surface area contributed by atoms with Crippen LogP contribution in [0.2, 0.25) is 0 Å². The Bertz CT molecular complexity index is 965. The lowest BCUT2D eigenvalue weighted by molar-refractivity contribution is -0.192. The van der Waals surface area contributed by atoms with Crippen molar-refractivity contribution in [3.63, 3.8) is 0 Å². The van der Waals surface area contributed by atoms with E-state index in [2.05, 4.69) is 12.2 Å². The Balaban J connectivity index is 1.82. The average molecular weight is 435 g/mol. The topological polar surface area (TPSA) is 61.8 Å². The highest BCUT2D eigenvalue weighted by atomic mass is 16.6. The highest BCUT2D eigenvalue weighted by Gasteiger charge is 2.55. The first-order chi connectivity index (χ1) is 15.6. The molecule has 0 saturated carbocycles. The summed E-state index contributed by atoms with van der Waals surface area (Å²) in [5.41, 5.74) is 1.04. The summed E-state index contributed by atoms with van der Waals surface area (Å²) in [7, 11) is 1.62. The molecule has 0 amide bonds. The summed E-state index contributed by atoms with van der Waals surface area (Å²) in [5, 5.41) is 0. The van der Waals surface area contributed by atoms with Crippen molar-refractivity contribution in [2.45, 2.75) is 44.1 Å². The molecule has 2 aromatic carbocycles. The maximum Gasteiger partial charge on any atom is 0.321 e. The van der Waals surface area contributed by atoms with Crippen LogP contribution in [-0.2, 0) is 24.7 Å². The molecule has 5 heteroatoms. The van der Waals surface area contributed by atoms with Gasteiger partial charge in [0.15, 0.2) is 5.92 Å². The standard InChI is InChI=1S/C27H30O5/c1-3-31-25(28)24-23(19-14-16-22(30-2)17-15-19)18-27(32-26(24)29,20-10-6-4-7-11-20)21-12-8-5-9-13-21/h4,6-8,10-12,14-17,21,23-24H,3,5,9,13,18H2,1-2H3/t21-,23-,24+,27?/m1/s1. The number of allylic oxidation sites excluding steroid dienone is 1. The van der Waals surface area contributed by atoms with Crippen LogP contribution in [0.1, 0.15) is 49.7 Å². The molecule has 4 atom stereocenters. The highest BCUT2D eigenvalue weighted by molar-refractivity contribution is 5.97. The Kier molecular flexibility index (Phi) is 6.63. The minimum atomic E-state index is -0.993. The Labute approximate surface area is 189 Å². The van der Waals surface area contributed by atoms with Crippen LogP contribution in [0.15, 0.2) is 66.7 Å². The molecule has 2 aromatic rings. The van der Waals surface area contributed by atoms with Crippen molar-refractivity contribution >= 4 is 11.9 Å². The molecular formula is C27H30O5. The van der Waals surface area contributed by atoms with Gasteiger partial charge in [0.25, 0.3) is 0 Å². The SMILES string of the molecule is CCOC(=O)[C@H]1C(=O)OC(c2ccccc2)([C@@H]2C=CCCC2)C[C@@H]1c1ccc(OC)cc1. The molecule has 0 bridgehead atoms. The Morgan fingerprint density at radius 1 is 1.12 bits per heavy atom. The smallest absolute Gasteiger partial charge is 0.321 e. The molecule has 1 heterocycles. The quantitative estimate of drug-likeness (QED) is 0.357. The second-order valence-electron chi connectivity index (χ2n) is 8.46. The van der Waals surface area contributed by atoms with Crippen molar-refractivity contribution in [3.8, 4) is 5.75 Å². The molecule has 1 aliphatic heterocycles. The van der Waals surface area contributed by atoms with Crippen LogP contribution in [0, 0.1) is 11.8 Å². The zero-order chi connectivity index (χ0) is 22.6. The van der Waals surface area contributed by atoms with Gasteiger partial charge in [-0.05, 0) is 49.4 Å². The number of benzene rings is 2. The van der Waals surface area contributed by atoms with Crippen molar-refractivity contribution in [3.05, 3.63) is 77.9 Å². The summed E-state index contributed by atoms with van der Waals surface area (Å²) in [6, 6.07) is 17.5. The summed E-state index contributed by atoms with van der Waals surface area (Å²) in [4.78, 5) is 26.4. The number of esters is 2. The molecule has 1 unspecified atom stereocenters. The average Bonchev–Trinajstić information content (AvgIpc) is 2.84. The first-order valence-corrected chi connectivity index (χ1v) is 11.3.